The maximum absolute atomic E-state index is 11.9. The van der Waals surface area contributed by atoms with Gasteiger partial charge in [-0.2, -0.15) is 0 Å². The van der Waals surface area contributed by atoms with Crippen LogP contribution in [0.1, 0.15) is 44.9 Å². The minimum Gasteiger partial charge on any atom is -0.466 e. The second kappa shape index (κ2) is 7.19. The molecule has 23 heavy (non-hydrogen) atoms. The summed E-state index contributed by atoms with van der Waals surface area (Å²) in [5, 5.41) is 2.94. The first-order valence-corrected chi connectivity index (χ1v) is 7.66. The van der Waals surface area contributed by atoms with Crippen LogP contribution in [0, 0.1) is 6.92 Å². The highest BCUT2D eigenvalue weighted by atomic mass is 32.1. The van der Waals surface area contributed by atoms with Crippen LogP contribution in [0.3, 0.4) is 0 Å². The molecule has 2 rings (SSSR count). The van der Waals surface area contributed by atoms with E-state index in [-0.39, 0.29) is 18.1 Å². The first-order chi connectivity index (χ1) is 10.9. The maximum atomic E-state index is 11.9. The summed E-state index contributed by atoms with van der Waals surface area (Å²) in [4.78, 5) is 38.8. The number of anilines is 1. The Bertz CT molecular complexity index is 747. The van der Waals surface area contributed by atoms with Crippen molar-refractivity contribution in [1.29, 1.82) is 0 Å². The van der Waals surface area contributed by atoms with Gasteiger partial charge in [-0.25, -0.2) is 9.78 Å². The summed E-state index contributed by atoms with van der Waals surface area (Å²) in [6.07, 6.45) is 1.90. The molecule has 0 spiro atoms. The number of furan rings is 1. The molecule has 0 aliphatic heterocycles. The molecule has 2 heterocycles. The predicted molar refractivity (Wildman–Crippen MR) is 83.9 cm³/mol. The summed E-state index contributed by atoms with van der Waals surface area (Å²) in [5.41, 5.74) is 0.531. The van der Waals surface area contributed by atoms with E-state index in [1.807, 2.05) is 0 Å². The van der Waals surface area contributed by atoms with Crippen LogP contribution in [0.2, 0.25) is 0 Å². The van der Waals surface area contributed by atoms with Gasteiger partial charge in [0, 0.05) is 12.8 Å². The molecule has 0 aromatic carbocycles. The van der Waals surface area contributed by atoms with Gasteiger partial charge in [0.15, 0.2) is 10.9 Å². The summed E-state index contributed by atoms with van der Waals surface area (Å²) < 4.78 is 10.0. The van der Waals surface area contributed by atoms with Gasteiger partial charge in [-0.05, 0) is 19.9 Å². The molecule has 1 N–H and O–H groups in total. The van der Waals surface area contributed by atoms with Gasteiger partial charge in [-0.15, -0.1) is 0 Å². The average molecular weight is 336 g/mol. The molecule has 0 aliphatic rings. The van der Waals surface area contributed by atoms with Crippen LogP contribution in [0.25, 0.3) is 0 Å². The van der Waals surface area contributed by atoms with Crippen LogP contribution in [-0.2, 0) is 16.0 Å². The molecule has 0 unspecified atom stereocenters. The molecule has 0 saturated heterocycles. The number of methoxy groups -OCH3 is 1. The molecule has 122 valence electrons. The fourth-order valence-electron chi connectivity index (χ4n) is 1.96. The summed E-state index contributed by atoms with van der Waals surface area (Å²) in [6.45, 7) is 3.18. The van der Waals surface area contributed by atoms with E-state index in [1.54, 1.807) is 13.0 Å². The summed E-state index contributed by atoms with van der Waals surface area (Å²) in [5.74, 6) is 0.313. The molecule has 7 nitrogen and oxygen atoms in total. The fraction of sp³-hybridized carbons (Fsp3) is 0.333. The topological polar surface area (TPSA) is 98.5 Å². The van der Waals surface area contributed by atoms with Gasteiger partial charge in [0.25, 0.3) is 0 Å². The maximum Gasteiger partial charge on any atom is 0.349 e. The van der Waals surface area contributed by atoms with Crippen molar-refractivity contribution < 1.29 is 23.5 Å². The molecule has 0 aliphatic carbocycles. The van der Waals surface area contributed by atoms with Gasteiger partial charge in [-0.3, -0.25) is 9.59 Å². The van der Waals surface area contributed by atoms with E-state index in [0.717, 1.165) is 11.3 Å². The zero-order valence-corrected chi connectivity index (χ0v) is 13.8. The van der Waals surface area contributed by atoms with Crippen molar-refractivity contribution in [3.8, 4) is 0 Å². The molecular weight excluding hydrogens is 320 g/mol. The van der Waals surface area contributed by atoms with E-state index >= 15 is 0 Å². The third-order valence-corrected chi connectivity index (χ3v) is 3.98. The van der Waals surface area contributed by atoms with Crippen molar-refractivity contribution in [2.45, 2.75) is 26.7 Å². The zero-order valence-electron chi connectivity index (χ0n) is 13.0. The van der Waals surface area contributed by atoms with Crippen LogP contribution in [0.5, 0.6) is 0 Å². The lowest BCUT2D eigenvalue weighted by atomic mass is 10.1. The predicted octanol–water partition coefficient (Wildman–Crippen LogP) is 2.61. The lowest BCUT2D eigenvalue weighted by molar-refractivity contribution is -0.116. The van der Waals surface area contributed by atoms with Gasteiger partial charge in [-0.1, -0.05) is 11.3 Å². The van der Waals surface area contributed by atoms with E-state index in [1.165, 1.54) is 20.2 Å². The number of thiazole rings is 1. The van der Waals surface area contributed by atoms with Gasteiger partial charge in [0.05, 0.1) is 18.9 Å². The Morgan fingerprint density at radius 2 is 2.13 bits per heavy atom. The Hall–Kier alpha value is -2.48. The van der Waals surface area contributed by atoms with Crippen LogP contribution in [0.4, 0.5) is 5.13 Å². The van der Waals surface area contributed by atoms with Crippen molar-refractivity contribution >= 4 is 34.1 Å². The first kappa shape index (κ1) is 16.9. The first-order valence-electron chi connectivity index (χ1n) is 6.85. The molecule has 0 atom stereocenters. The second-order valence-corrected chi connectivity index (χ2v) is 5.84. The highest BCUT2D eigenvalue weighted by molar-refractivity contribution is 7.17. The summed E-state index contributed by atoms with van der Waals surface area (Å²) in [6, 6.07) is 1.66. The highest BCUT2D eigenvalue weighted by Crippen LogP contribution is 2.20. The largest absolute Gasteiger partial charge is 0.466 e. The number of nitrogens with zero attached hydrogens (tertiary/aromatic N) is 1. The minimum absolute atomic E-state index is 0.0694. The Kier molecular flexibility index (Phi) is 5.28. The number of aryl methyl sites for hydroxylation is 2. The van der Waals surface area contributed by atoms with Crippen LogP contribution < -0.4 is 5.32 Å². The number of amides is 1. The fourth-order valence-corrected chi connectivity index (χ4v) is 2.71. The van der Waals surface area contributed by atoms with E-state index in [2.05, 4.69) is 15.0 Å². The number of rotatable bonds is 6. The number of Topliss-reactive ketones (excluding diaryl/α,β-unsaturated/α-hetero) is 1. The molecule has 0 radical (unpaired) electrons. The Labute approximate surface area is 136 Å². The number of ether oxygens (including phenoxy) is 1. The smallest absolute Gasteiger partial charge is 0.349 e. The summed E-state index contributed by atoms with van der Waals surface area (Å²) in [7, 11) is 1.28. The number of carbonyl (C=O) groups excluding carboxylic acids is 3. The third-order valence-electron chi connectivity index (χ3n) is 3.09. The molecule has 8 heteroatoms. The molecular formula is C15H16N2O5S. The number of nitrogens with one attached hydrogen (secondary N) is 1. The Morgan fingerprint density at radius 1 is 1.39 bits per heavy atom. The number of carbonyl (C=O) groups is 3. The van der Waals surface area contributed by atoms with Gasteiger partial charge in [0.2, 0.25) is 5.91 Å². The monoisotopic (exact) mass is 336 g/mol. The van der Waals surface area contributed by atoms with Crippen molar-refractivity contribution in [3.63, 3.8) is 0 Å². The van der Waals surface area contributed by atoms with E-state index in [4.69, 9.17) is 4.42 Å². The van der Waals surface area contributed by atoms with Crippen LogP contribution in [-0.4, -0.2) is 29.8 Å². The van der Waals surface area contributed by atoms with E-state index < -0.39 is 5.97 Å². The second-order valence-electron chi connectivity index (χ2n) is 4.81. The van der Waals surface area contributed by atoms with Crippen molar-refractivity contribution in [2.75, 3.05) is 12.4 Å². The zero-order chi connectivity index (χ0) is 17.0. The minimum atomic E-state index is -0.495. The molecule has 2 aromatic heterocycles. The SMILES string of the molecule is COC(=O)c1cnc(NC(=O)CCc2cc(C(C)=O)c(C)o2)s1. The quantitative estimate of drug-likeness (QED) is 0.643. The molecule has 0 bridgehead atoms. The Balaban J connectivity index is 1.90. The molecule has 0 fully saturated rings. The molecule has 2 aromatic rings. The van der Waals surface area contributed by atoms with Gasteiger partial charge in [0.1, 0.15) is 16.4 Å². The highest BCUT2D eigenvalue weighted by Gasteiger charge is 2.14. The molecule has 0 saturated carbocycles. The van der Waals surface area contributed by atoms with Gasteiger partial charge >= 0.3 is 5.97 Å². The van der Waals surface area contributed by atoms with Crippen molar-refractivity contribution in [2.24, 2.45) is 0 Å². The normalized spacial score (nSPS) is 10.4. The van der Waals surface area contributed by atoms with Crippen molar-refractivity contribution in [3.05, 3.63) is 34.2 Å². The number of hydrogen-bond donors (Lipinski definition) is 1. The van der Waals surface area contributed by atoms with Gasteiger partial charge < -0.3 is 14.5 Å². The molecule has 1 amide bonds. The number of aromatic nitrogens is 1. The van der Waals surface area contributed by atoms with E-state index in [9.17, 15) is 14.4 Å². The summed E-state index contributed by atoms with van der Waals surface area (Å²) >= 11 is 1.04. The Morgan fingerprint density at radius 3 is 2.74 bits per heavy atom. The third kappa shape index (κ3) is 4.26. The number of esters is 1. The number of ketones is 1. The number of hydrogen-bond acceptors (Lipinski definition) is 7. The lowest BCUT2D eigenvalue weighted by Crippen LogP contribution is -2.11. The van der Waals surface area contributed by atoms with Crippen LogP contribution in [0.15, 0.2) is 16.7 Å². The van der Waals surface area contributed by atoms with Crippen molar-refractivity contribution in [1.82, 2.24) is 4.98 Å². The average Bonchev–Trinajstić information content (AvgIpc) is 3.11. The standard InChI is InChI=1S/C15H16N2O5S/c1-8(18)11-6-10(22-9(11)2)4-5-13(19)17-15-16-7-12(23-15)14(20)21-3/h6-7H,4-5H2,1-3H3,(H,16,17,19). The van der Waals surface area contributed by atoms with E-state index in [0.29, 0.717) is 33.5 Å². The van der Waals surface area contributed by atoms with Crippen LogP contribution >= 0.6 is 11.3 Å². The lowest BCUT2D eigenvalue weighted by Gasteiger charge is -1.99.